The molecule has 6 nitrogen and oxygen atoms in total. The van der Waals surface area contributed by atoms with E-state index in [1.165, 1.54) is 0 Å². The molecule has 0 bridgehead atoms. The molecule has 1 fully saturated rings. The van der Waals surface area contributed by atoms with Gasteiger partial charge in [-0.1, -0.05) is 60.7 Å². The zero-order valence-electron chi connectivity index (χ0n) is 21.4. The smallest absolute Gasteiger partial charge is 0.336 e. The third-order valence-corrected chi connectivity index (χ3v) is 7.70. The summed E-state index contributed by atoms with van der Waals surface area (Å²) in [5.41, 5.74) is 2.19. The van der Waals surface area contributed by atoms with Crippen molar-refractivity contribution < 1.29 is 13.6 Å². The Hall–Kier alpha value is -4.26. The van der Waals surface area contributed by atoms with Gasteiger partial charge in [0, 0.05) is 49.1 Å². The van der Waals surface area contributed by atoms with Crippen LogP contribution in [-0.2, 0) is 17.8 Å². The second-order valence-electron chi connectivity index (χ2n) is 10.3. The van der Waals surface area contributed by atoms with Crippen LogP contribution in [-0.4, -0.2) is 24.2 Å². The van der Waals surface area contributed by atoms with Gasteiger partial charge in [0.25, 0.3) is 0 Å². The van der Waals surface area contributed by atoms with E-state index in [0.29, 0.717) is 30.8 Å². The van der Waals surface area contributed by atoms with Crippen molar-refractivity contribution >= 4 is 43.5 Å². The van der Waals surface area contributed by atoms with Crippen molar-refractivity contribution in [3.8, 4) is 0 Å². The summed E-state index contributed by atoms with van der Waals surface area (Å²) in [6, 6.07) is 27.2. The molecule has 1 aliphatic heterocycles. The number of hydrogen-bond donors (Lipinski definition) is 0. The van der Waals surface area contributed by atoms with Gasteiger partial charge in [0.05, 0.1) is 6.10 Å². The van der Waals surface area contributed by atoms with Crippen molar-refractivity contribution in [1.82, 2.24) is 4.90 Å². The van der Waals surface area contributed by atoms with Crippen molar-refractivity contribution in [3.05, 3.63) is 117 Å². The highest BCUT2D eigenvalue weighted by molar-refractivity contribution is 6.08. The van der Waals surface area contributed by atoms with Gasteiger partial charge in [0.15, 0.2) is 0 Å². The molecule has 1 saturated heterocycles. The lowest BCUT2D eigenvalue weighted by atomic mass is 10.00. The largest absolute Gasteiger partial charge is 0.423 e. The van der Waals surface area contributed by atoms with Crippen LogP contribution in [0.2, 0.25) is 0 Å². The number of fused-ring (bicyclic) bond motifs is 6. The summed E-state index contributed by atoms with van der Waals surface area (Å²) in [6.45, 7) is 2.44. The van der Waals surface area contributed by atoms with E-state index in [1.807, 2.05) is 48.5 Å². The van der Waals surface area contributed by atoms with Gasteiger partial charge in [-0.2, -0.15) is 0 Å². The van der Waals surface area contributed by atoms with Gasteiger partial charge in [-0.25, -0.2) is 9.59 Å². The van der Waals surface area contributed by atoms with Crippen LogP contribution in [0.4, 0.5) is 0 Å². The molecule has 6 heteroatoms. The van der Waals surface area contributed by atoms with Crippen molar-refractivity contribution in [1.29, 1.82) is 0 Å². The van der Waals surface area contributed by atoms with Gasteiger partial charge in [0.1, 0.15) is 11.2 Å². The van der Waals surface area contributed by atoms with Crippen LogP contribution in [0.3, 0.4) is 0 Å². The average Bonchev–Trinajstić information content (AvgIpc) is 3.45. The van der Waals surface area contributed by atoms with Crippen LogP contribution < -0.4 is 11.3 Å². The van der Waals surface area contributed by atoms with Crippen LogP contribution >= 0.6 is 0 Å². The van der Waals surface area contributed by atoms with E-state index in [0.717, 1.165) is 62.9 Å². The minimum Gasteiger partial charge on any atom is -0.423 e. The highest BCUT2D eigenvalue weighted by Crippen LogP contribution is 2.31. The van der Waals surface area contributed by atoms with E-state index in [9.17, 15) is 9.59 Å². The van der Waals surface area contributed by atoms with Gasteiger partial charge in [-0.3, -0.25) is 4.90 Å². The maximum absolute atomic E-state index is 12.6. The number of hydrogen-bond acceptors (Lipinski definition) is 6. The summed E-state index contributed by atoms with van der Waals surface area (Å²) in [5.74, 6) is 0. The third-order valence-electron chi connectivity index (χ3n) is 7.70. The summed E-state index contributed by atoms with van der Waals surface area (Å²) in [5, 5.41) is 6.14. The van der Waals surface area contributed by atoms with E-state index < -0.39 is 0 Å². The van der Waals surface area contributed by atoms with Crippen LogP contribution in [0.25, 0.3) is 43.5 Å². The van der Waals surface area contributed by atoms with Gasteiger partial charge in [-0.15, -0.1) is 0 Å². The topological polar surface area (TPSA) is 72.9 Å². The molecule has 3 heterocycles. The summed E-state index contributed by atoms with van der Waals surface area (Å²) < 4.78 is 17.2. The first-order valence-corrected chi connectivity index (χ1v) is 13.4. The zero-order chi connectivity index (χ0) is 26.3. The lowest BCUT2D eigenvalue weighted by Gasteiger charge is -2.26. The van der Waals surface area contributed by atoms with Crippen LogP contribution in [0, 0.1) is 0 Å². The molecule has 0 N–H and O–H groups in total. The van der Waals surface area contributed by atoms with Crippen LogP contribution in [0.15, 0.2) is 103 Å². The Morgan fingerprint density at radius 1 is 0.692 bits per heavy atom. The molecule has 1 atom stereocenters. The van der Waals surface area contributed by atoms with Gasteiger partial charge in [0.2, 0.25) is 0 Å². The second-order valence-corrected chi connectivity index (χ2v) is 10.3. The fourth-order valence-corrected chi connectivity index (χ4v) is 6.03. The fraction of sp³-hybridized carbons (Fsp3) is 0.212. The van der Waals surface area contributed by atoms with Gasteiger partial charge >= 0.3 is 11.3 Å². The van der Waals surface area contributed by atoms with E-state index in [-0.39, 0.29) is 17.4 Å². The molecule has 0 spiro atoms. The SMILES string of the molecule is O=c1cc(CN(Cc2cc(=O)oc3ccc4ccccc4c23)C[C@@H]2CCCO2)c2c(ccc3ccccc32)o1. The summed E-state index contributed by atoms with van der Waals surface area (Å²) >= 11 is 0. The Balaban J connectivity index is 1.37. The molecule has 2 aromatic heterocycles. The molecule has 39 heavy (non-hydrogen) atoms. The average molecular weight is 518 g/mol. The molecule has 194 valence electrons. The van der Waals surface area contributed by atoms with Crippen LogP contribution in [0.1, 0.15) is 24.0 Å². The van der Waals surface area contributed by atoms with E-state index in [4.69, 9.17) is 13.6 Å². The molecule has 6 aromatic rings. The van der Waals surface area contributed by atoms with E-state index in [1.54, 1.807) is 12.1 Å². The second kappa shape index (κ2) is 9.80. The Labute approximate surface area is 224 Å². The number of nitrogens with zero attached hydrogens (tertiary/aromatic N) is 1. The first-order valence-electron chi connectivity index (χ1n) is 13.4. The molecule has 1 aliphatic rings. The van der Waals surface area contributed by atoms with E-state index >= 15 is 0 Å². The van der Waals surface area contributed by atoms with Gasteiger partial charge < -0.3 is 13.6 Å². The van der Waals surface area contributed by atoms with Crippen LogP contribution in [0.5, 0.6) is 0 Å². The normalized spacial score (nSPS) is 15.8. The van der Waals surface area contributed by atoms with E-state index in [2.05, 4.69) is 29.2 Å². The fourth-order valence-electron chi connectivity index (χ4n) is 6.03. The highest BCUT2D eigenvalue weighted by Gasteiger charge is 2.22. The number of benzene rings is 4. The molecule has 0 radical (unpaired) electrons. The predicted octanol–water partition coefficient (Wildman–Crippen LogP) is 6.39. The van der Waals surface area contributed by atoms with Crippen molar-refractivity contribution in [2.45, 2.75) is 32.0 Å². The summed E-state index contributed by atoms with van der Waals surface area (Å²) in [4.78, 5) is 27.5. The molecule has 0 aliphatic carbocycles. The Morgan fingerprint density at radius 3 is 1.74 bits per heavy atom. The lowest BCUT2D eigenvalue weighted by Crippen LogP contribution is -2.32. The first kappa shape index (κ1) is 23.8. The maximum Gasteiger partial charge on any atom is 0.336 e. The maximum atomic E-state index is 12.6. The molecular formula is C33H27NO5. The van der Waals surface area contributed by atoms with Gasteiger partial charge in [-0.05, 0) is 57.6 Å². The Bertz CT molecular complexity index is 1830. The lowest BCUT2D eigenvalue weighted by molar-refractivity contribution is 0.0681. The van der Waals surface area contributed by atoms with Crippen molar-refractivity contribution in [2.75, 3.05) is 13.2 Å². The highest BCUT2D eigenvalue weighted by atomic mass is 16.5. The monoisotopic (exact) mass is 517 g/mol. The first-order chi connectivity index (χ1) is 19.1. The molecule has 0 saturated carbocycles. The quantitative estimate of drug-likeness (QED) is 0.188. The molecule has 0 unspecified atom stereocenters. The molecule has 0 amide bonds. The van der Waals surface area contributed by atoms with Crippen molar-refractivity contribution in [3.63, 3.8) is 0 Å². The minimum absolute atomic E-state index is 0.0938. The summed E-state index contributed by atoms with van der Waals surface area (Å²) in [7, 11) is 0. The number of ether oxygens (including phenoxy) is 1. The molecular weight excluding hydrogens is 490 g/mol. The zero-order valence-corrected chi connectivity index (χ0v) is 21.4. The number of rotatable bonds is 6. The molecule has 7 rings (SSSR count). The molecule has 4 aromatic carbocycles. The predicted molar refractivity (Wildman–Crippen MR) is 153 cm³/mol. The Kier molecular flexibility index (Phi) is 5.99. The minimum atomic E-state index is -0.373. The summed E-state index contributed by atoms with van der Waals surface area (Å²) in [6.07, 6.45) is 2.11. The Morgan fingerprint density at radius 2 is 1.23 bits per heavy atom. The third kappa shape index (κ3) is 4.52. The van der Waals surface area contributed by atoms with Crippen molar-refractivity contribution in [2.24, 2.45) is 0 Å². The standard InChI is InChI=1S/C33H27NO5/c35-30-16-23(32-26-9-3-1-6-21(26)11-13-28(32)38-30)18-34(20-25-8-5-15-37-25)19-24-17-31(36)39-29-14-12-22-7-2-4-10-27(22)33(24)29/h1-4,6-7,9-14,16-17,25H,5,8,15,18-20H2/t25-/m0/s1.